The number of halogens is 1. The molecule has 0 aliphatic heterocycles. The molecule has 0 saturated heterocycles. The van der Waals surface area contributed by atoms with E-state index in [9.17, 15) is 4.79 Å². The molecule has 1 aliphatic carbocycles. The second-order valence-corrected chi connectivity index (χ2v) is 7.47. The van der Waals surface area contributed by atoms with E-state index in [1.54, 1.807) is 0 Å². The van der Waals surface area contributed by atoms with Crippen LogP contribution in [0.15, 0.2) is 53.0 Å². The summed E-state index contributed by atoms with van der Waals surface area (Å²) >= 11 is 3.47. The van der Waals surface area contributed by atoms with E-state index in [1.807, 2.05) is 31.2 Å². The third-order valence-corrected chi connectivity index (χ3v) is 5.33. The van der Waals surface area contributed by atoms with E-state index in [1.165, 1.54) is 11.1 Å². The smallest absolute Gasteiger partial charge is 0.258 e. The zero-order valence-corrected chi connectivity index (χ0v) is 15.6. The first kappa shape index (κ1) is 17.0. The van der Waals surface area contributed by atoms with Crippen molar-refractivity contribution in [3.05, 3.63) is 64.1 Å². The van der Waals surface area contributed by atoms with Gasteiger partial charge in [-0.2, -0.15) is 0 Å². The predicted molar refractivity (Wildman–Crippen MR) is 99.3 cm³/mol. The van der Waals surface area contributed by atoms with Gasteiger partial charge in [0.2, 0.25) is 0 Å². The Morgan fingerprint density at radius 1 is 1.17 bits per heavy atom. The van der Waals surface area contributed by atoms with Crippen molar-refractivity contribution in [2.75, 3.05) is 6.61 Å². The molecule has 0 bridgehead atoms. The molecule has 1 fully saturated rings. The number of rotatable bonds is 6. The van der Waals surface area contributed by atoms with Crippen molar-refractivity contribution in [2.45, 2.75) is 38.1 Å². The molecule has 0 aromatic heterocycles. The van der Waals surface area contributed by atoms with Crippen molar-refractivity contribution < 1.29 is 9.53 Å². The zero-order valence-electron chi connectivity index (χ0n) is 14.0. The van der Waals surface area contributed by atoms with Gasteiger partial charge in [-0.25, -0.2) is 0 Å². The summed E-state index contributed by atoms with van der Waals surface area (Å²) in [6, 6.07) is 16.2. The van der Waals surface area contributed by atoms with Crippen molar-refractivity contribution >= 4 is 21.8 Å². The first-order valence-electron chi connectivity index (χ1n) is 8.24. The number of aryl methyl sites for hydroxylation is 1. The maximum absolute atomic E-state index is 12.2. The van der Waals surface area contributed by atoms with E-state index in [-0.39, 0.29) is 24.0 Å². The Balaban J connectivity index is 1.56. The minimum absolute atomic E-state index is 0.0455. The van der Waals surface area contributed by atoms with Crippen LogP contribution in [0.25, 0.3) is 0 Å². The van der Waals surface area contributed by atoms with Crippen LogP contribution < -0.4 is 10.1 Å². The van der Waals surface area contributed by atoms with Crippen molar-refractivity contribution in [1.82, 2.24) is 5.32 Å². The van der Waals surface area contributed by atoms with Gasteiger partial charge in [-0.1, -0.05) is 45.8 Å². The van der Waals surface area contributed by atoms with Crippen LogP contribution in [-0.2, 0) is 10.2 Å². The highest BCUT2D eigenvalue weighted by Gasteiger charge is 2.49. The lowest BCUT2D eigenvalue weighted by Gasteiger charge is -2.25. The third-order valence-electron chi connectivity index (χ3n) is 4.81. The minimum atomic E-state index is -0.0774. The van der Waals surface area contributed by atoms with Gasteiger partial charge < -0.3 is 10.1 Å². The van der Waals surface area contributed by atoms with Gasteiger partial charge in [-0.3, -0.25) is 4.79 Å². The number of carbonyl (C=O) groups excluding carboxylic acids is 1. The van der Waals surface area contributed by atoms with E-state index in [0.717, 1.165) is 23.1 Å². The van der Waals surface area contributed by atoms with Crippen LogP contribution in [0.2, 0.25) is 0 Å². The maximum Gasteiger partial charge on any atom is 0.258 e. The molecule has 4 heteroatoms. The van der Waals surface area contributed by atoms with Gasteiger partial charge in [0.1, 0.15) is 5.75 Å². The lowest BCUT2D eigenvalue weighted by molar-refractivity contribution is -0.123. The number of ether oxygens (including phenoxy) is 1. The number of hydrogen-bond donors (Lipinski definition) is 1. The summed E-state index contributed by atoms with van der Waals surface area (Å²) in [6.07, 6.45) is 2.21. The SMILES string of the molecule is Cc1ccc(OCC(=O)NC(C)C2(c3ccc(Br)cc3)CC2)cc1. The highest BCUT2D eigenvalue weighted by atomic mass is 79.9. The van der Waals surface area contributed by atoms with E-state index in [0.29, 0.717) is 0 Å². The molecule has 0 spiro atoms. The fraction of sp³-hybridized carbons (Fsp3) is 0.350. The number of benzene rings is 2. The fourth-order valence-corrected chi connectivity index (χ4v) is 3.36. The molecule has 1 saturated carbocycles. The minimum Gasteiger partial charge on any atom is -0.484 e. The zero-order chi connectivity index (χ0) is 17.2. The molecule has 1 N–H and O–H groups in total. The summed E-state index contributed by atoms with van der Waals surface area (Å²) in [5, 5.41) is 3.10. The molecule has 1 amide bonds. The first-order valence-corrected chi connectivity index (χ1v) is 9.04. The van der Waals surface area contributed by atoms with E-state index >= 15 is 0 Å². The quantitative estimate of drug-likeness (QED) is 0.798. The Kier molecular flexibility index (Phi) is 4.95. The molecular weight excluding hydrogens is 366 g/mol. The van der Waals surface area contributed by atoms with E-state index in [4.69, 9.17) is 4.74 Å². The van der Waals surface area contributed by atoms with Crippen LogP contribution >= 0.6 is 15.9 Å². The van der Waals surface area contributed by atoms with Crippen molar-refractivity contribution in [2.24, 2.45) is 0 Å². The van der Waals surface area contributed by atoms with Crippen molar-refractivity contribution in [1.29, 1.82) is 0 Å². The van der Waals surface area contributed by atoms with E-state index in [2.05, 4.69) is 52.4 Å². The standard InChI is InChI=1S/C20H22BrNO2/c1-14-3-9-18(10-4-14)24-13-19(23)22-15(2)20(11-12-20)16-5-7-17(21)8-6-16/h3-10,15H,11-13H2,1-2H3,(H,22,23). The average molecular weight is 388 g/mol. The van der Waals surface area contributed by atoms with Crippen LogP contribution in [0.4, 0.5) is 0 Å². The highest BCUT2D eigenvalue weighted by molar-refractivity contribution is 9.10. The van der Waals surface area contributed by atoms with Crippen LogP contribution in [0, 0.1) is 6.92 Å². The molecule has 2 aromatic rings. The van der Waals surface area contributed by atoms with Crippen molar-refractivity contribution in [3.63, 3.8) is 0 Å². The summed E-state index contributed by atoms with van der Waals surface area (Å²) in [5.74, 6) is 0.643. The van der Waals surface area contributed by atoms with Gasteiger partial charge in [-0.05, 0) is 56.5 Å². The van der Waals surface area contributed by atoms with Crippen LogP contribution in [0.3, 0.4) is 0 Å². The Bertz CT molecular complexity index is 705. The van der Waals surface area contributed by atoms with Gasteiger partial charge in [0, 0.05) is 15.9 Å². The highest BCUT2D eigenvalue weighted by Crippen LogP contribution is 2.51. The maximum atomic E-state index is 12.2. The number of carbonyl (C=O) groups is 1. The molecular formula is C20H22BrNO2. The Labute approximate surface area is 151 Å². The van der Waals surface area contributed by atoms with Gasteiger partial charge >= 0.3 is 0 Å². The monoisotopic (exact) mass is 387 g/mol. The van der Waals surface area contributed by atoms with Crippen LogP contribution in [0.1, 0.15) is 30.9 Å². The van der Waals surface area contributed by atoms with Gasteiger partial charge in [0.25, 0.3) is 5.91 Å². The second kappa shape index (κ2) is 6.98. The molecule has 0 radical (unpaired) electrons. The number of amides is 1. The first-order chi connectivity index (χ1) is 11.5. The second-order valence-electron chi connectivity index (χ2n) is 6.55. The summed E-state index contributed by atoms with van der Waals surface area (Å²) in [5.41, 5.74) is 2.53. The Morgan fingerprint density at radius 2 is 1.79 bits per heavy atom. The van der Waals surface area contributed by atoms with Crippen LogP contribution in [0.5, 0.6) is 5.75 Å². The molecule has 24 heavy (non-hydrogen) atoms. The van der Waals surface area contributed by atoms with Crippen LogP contribution in [-0.4, -0.2) is 18.6 Å². The molecule has 1 atom stereocenters. The molecule has 0 heterocycles. The fourth-order valence-electron chi connectivity index (χ4n) is 3.09. The van der Waals surface area contributed by atoms with Gasteiger partial charge in [-0.15, -0.1) is 0 Å². The molecule has 3 rings (SSSR count). The Morgan fingerprint density at radius 3 is 2.38 bits per heavy atom. The summed E-state index contributed by atoms with van der Waals surface area (Å²) in [4.78, 5) is 12.2. The number of nitrogens with one attached hydrogen (secondary N) is 1. The molecule has 2 aromatic carbocycles. The van der Waals surface area contributed by atoms with E-state index < -0.39 is 0 Å². The van der Waals surface area contributed by atoms with Crippen molar-refractivity contribution in [3.8, 4) is 5.75 Å². The van der Waals surface area contributed by atoms with Gasteiger partial charge in [0.05, 0.1) is 0 Å². The number of hydrogen-bond acceptors (Lipinski definition) is 2. The average Bonchev–Trinajstić information content (AvgIpc) is 3.37. The molecule has 1 unspecified atom stereocenters. The summed E-state index contributed by atoms with van der Waals surface area (Å²) in [6.45, 7) is 4.15. The predicted octanol–water partition coefficient (Wildman–Crippen LogP) is 4.37. The topological polar surface area (TPSA) is 38.3 Å². The largest absolute Gasteiger partial charge is 0.484 e. The summed E-state index contributed by atoms with van der Waals surface area (Å²) in [7, 11) is 0. The third kappa shape index (κ3) is 3.81. The van der Waals surface area contributed by atoms with Gasteiger partial charge in [0.15, 0.2) is 6.61 Å². The summed E-state index contributed by atoms with van der Waals surface area (Å²) < 4.78 is 6.63. The Hall–Kier alpha value is -1.81. The molecule has 1 aliphatic rings. The molecule has 3 nitrogen and oxygen atoms in total. The normalized spacial score (nSPS) is 16.3. The lowest BCUT2D eigenvalue weighted by atomic mass is 9.89. The molecule has 126 valence electrons. The lowest BCUT2D eigenvalue weighted by Crippen LogP contribution is -2.43.